The van der Waals surface area contributed by atoms with Crippen LogP contribution in [0.25, 0.3) is 0 Å². The molecule has 3 unspecified atom stereocenters. The lowest BCUT2D eigenvalue weighted by atomic mass is 9.74. The molecule has 0 aromatic rings. The number of rotatable bonds is 2. The molecule has 15 heavy (non-hydrogen) atoms. The van der Waals surface area contributed by atoms with E-state index in [0.717, 1.165) is 18.3 Å². The monoisotopic (exact) mass is 210 g/mol. The molecule has 88 valence electrons. The molecule has 2 saturated carbocycles. The van der Waals surface area contributed by atoms with Gasteiger partial charge < -0.3 is 11.5 Å². The largest absolute Gasteiger partial charge is 0.326 e. The van der Waals surface area contributed by atoms with Gasteiger partial charge in [0.1, 0.15) is 0 Å². The van der Waals surface area contributed by atoms with Gasteiger partial charge in [-0.15, -0.1) is 0 Å². The van der Waals surface area contributed by atoms with Gasteiger partial charge in [0.05, 0.1) is 0 Å². The van der Waals surface area contributed by atoms with Gasteiger partial charge in [-0.2, -0.15) is 0 Å². The molecule has 0 bridgehead atoms. The van der Waals surface area contributed by atoms with Crippen LogP contribution in [0, 0.1) is 11.8 Å². The molecular formula is C13H26N2. The summed E-state index contributed by atoms with van der Waals surface area (Å²) in [6.45, 7) is 0. The van der Waals surface area contributed by atoms with Crippen molar-refractivity contribution in [2.45, 2.75) is 69.9 Å². The minimum absolute atomic E-state index is 0.271. The Hall–Kier alpha value is -0.0800. The van der Waals surface area contributed by atoms with Crippen LogP contribution in [0.5, 0.6) is 0 Å². The van der Waals surface area contributed by atoms with E-state index >= 15 is 0 Å². The van der Waals surface area contributed by atoms with Crippen LogP contribution in [0.1, 0.15) is 57.8 Å². The second kappa shape index (κ2) is 5.31. The number of hydrogen-bond donors (Lipinski definition) is 2. The predicted molar refractivity (Wildman–Crippen MR) is 64.5 cm³/mol. The van der Waals surface area contributed by atoms with E-state index in [2.05, 4.69) is 0 Å². The molecule has 4 N–H and O–H groups in total. The van der Waals surface area contributed by atoms with E-state index < -0.39 is 0 Å². The van der Waals surface area contributed by atoms with Crippen molar-refractivity contribution in [2.24, 2.45) is 23.3 Å². The van der Waals surface area contributed by atoms with Crippen molar-refractivity contribution in [2.75, 3.05) is 0 Å². The summed E-state index contributed by atoms with van der Waals surface area (Å²) in [4.78, 5) is 0. The smallest absolute Gasteiger partial charge is 0.0221 e. The quantitative estimate of drug-likeness (QED) is 0.735. The van der Waals surface area contributed by atoms with Crippen molar-refractivity contribution in [3.63, 3.8) is 0 Å². The van der Waals surface area contributed by atoms with Gasteiger partial charge in [0.25, 0.3) is 0 Å². The molecule has 2 rings (SSSR count). The molecule has 0 aliphatic heterocycles. The summed E-state index contributed by atoms with van der Waals surface area (Å²) in [5, 5.41) is 0. The van der Waals surface area contributed by atoms with E-state index in [0.29, 0.717) is 0 Å². The van der Waals surface area contributed by atoms with Crippen LogP contribution in [0.15, 0.2) is 0 Å². The molecule has 3 atom stereocenters. The summed E-state index contributed by atoms with van der Waals surface area (Å²) in [7, 11) is 0. The molecule has 0 saturated heterocycles. The zero-order chi connectivity index (χ0) is 10.7. The van der Waals surface area contributed by atoms with Crippen molar-refractivity contribution >= 4 is 0 Å². The molecule has 2 nitrogen and oxygen atoms in total. The van der Waals surface area contributed by atoms with Crippen molar-refractivity contribution in [3.05, 3.63) is 0 Å². The zero-order valence-corrected chi connectivity index (χ0v) is 9.83. The van der Waals surface area contributed by atoms with Crippen LogP contribution in [0.2, 0.25) is 0 Å². The highest BCUT2D eigenvalue weighted by Crippen LogP contribution is 2.34. The lowest BCUT2D eigenvalue weighted by molar-refractivity contribution is 0.204. The Morgan fingerprint density at radius 3 is 2.27 bits per heavy atom. The van der Waals surface area contributed by atoms with Crippen LogP contribution < -0.4 is 11.5 Å². The lowest BCUT2D eigenvalue weighted by Gasteiger charge is -2.36. The summed E-state index contributed by atoms with van der Waals surface area (Å²) in [5.74, 6) is 1.68. The minimum atomic E-state index is 0.271. The third kappa shape index (κ3) is 2.94. The van der Waals surface area contributed by atoms with E-state index in [1.54, 1.807) is 0 Å². The van der Waals surface area contributed by atoms with E-state index in [9.17, 15) is 0 Å². The Balaban J connectivity index is 1.81. The van der Waals surface area contributed by atoms with Crippen LogP contribution in [-0.2, 0) is 0 Å². The molecule has 0 amide bonds. The third-order valence-electron chi connectivity index (χ3n) is 4.51. The molecular weight excluding hydrogens is 184 g/mol. The van der Waals surface area contributed by atoms with Crippen molar-refractivity contribution < 1.29 is 0 Å². The average molecular weight is 210 g/mol. The van der Waals surface area contributed by atoms with Gasteiger partial charge >= 0.3 is 0 Å². The third-order valence-corrected chi connectivity index (χ3v) is 4.51. The van der Waals surface area contributed by atoms with Crippen LogP contribution in [-0.4, -0.2) is 12.1 Å². The Morgan fingerprint density at radius 2 is 1.53 bits per heavy atom. The number of nitrogens with two attached hydrogens (primary N) is 2. The Bertz CT molecular complexity index is 187. The van der Waals surface area contributed by atoms with E-state index in [1.165, 1.54) is 51.4 Å². The molecule has 2 aliphatic carbocycles. The van der Waals surface area contributed by atoms with Gasteiger partial charge in [0, 0.05) is 12.1 Å². The Morgan fingerprint density at radius 1 is 0.800 bits per heavy atom. The second-order valence-corrected chi connectivity index (χ2v) is 5.67. The lowest BCUT2D eigenvalue weighted by Crippen LogP contribution is -2.49. The first-order valence-electron chi connectivity index (χ1n) is 6.78. The van der Waals surface area contributed by atoms with Gasteiger partial charge in [-0.3, -0.25) is 0 Å². The molecule has 0 spiro atoms. The molecule has 2 heteroatoms. The highest BCUT2D eigenvalue weighted by atomic mass is 14.8. The van der Waals surface area contributed by atoms with Crippen molar-refractivity contribution in [1.82, 2.24) is 0 Å². The van der Waals surface area contributed by atoms with E-state index in [-0.39, 0.29) is 12.1 Å². The highest BCUT2D eigenvalue weighted by molar-refractivity contribution is 4.88. The predicted octanol–water partition coefficient (Wildman–Crippen LogP) is 2.41. The van der Waals surface area contributed by atoms with E-state index in [4.69, 9.17) is 11.5 Å². The first-order valence-corrected chi connectivity index (χ1v) is 6.78. The van der Waals surface area contributed by atoms with Gasteiger partial charge in [-0.25, -0.2) is 0 Å². The zero-order valence-electron chi connectivity index (χ0n) is 9.83. The summed E-state index contributed by atoms with van der Waals surface area (Å²) in [6, 6.07) is 0.549. The van der Waals surface area contributed by atoms with Crippen LogP contribution in [0.4, 0.5) is 0 Å². The molecule has 0 radical (unpaired) electrons. The standard InChI is InChI=1S/C13H26N2/c14-12-8-4-7-11(13(12)15)9-10-5-2-1-3-6-10/h10-13H,1-9,14-15H2. The van der Waals surface area contributed by atoms with Gasteiger partial charge in [0.2, 0.25) is 0 Å². The maximum absolute atomic E-state index is 6.21. The first kappa shape index (κ1) is 11.4. The number of hydrogen-bond acceptors (Lipinski definition) is 2. The SMILES string of the molecule is NC1CCCC(CC2CCCCC2)C1N. The van der Waals surface area contributed by atoms with Crippen molar-refractivity contribution in [3.8, 4) is 0 Å². The fourth-order valence-electron chi connectivity index (χ4n) is 3.48. The van der Waals surface area contributed by atoms with Gasteiger partial charge in [-0.1, -0.05) is 38.5 Å². The maximum Gasteiger partial charge on any atom is 0.0221 e. The topological polar surface area (TPSA) is 52.0 Å². The summed E-state index contributed by atoms with van der Waals surface area (Å²) >= 11 is 0. The Kier molecular flexibility index (Phi) is 4.04. The van der Waals surface area contributed by atoms with E-state index in [1.807, 2.05) is 0 Å². The van der Waals surface area contributed by atoms with Gasteiger partial charge in [-0.05, 0) is 31.1 Å². The maximum atomic E-state index is 6.21. The molecule has 0 aromatic carbocycles. The summed E-state index contributed by atoms with van der Waals surface area (Å²) in [5.41, 5.74) is 12.3. The summed E-state index contributed by atoms with van der Waals surface area (Å²) in [6.07, 6.45) is 12.3. The minimum Gasteiger partial charge on any atom is -0.326 e. The highest BCUT2D eigenvalue weighted by Gasteiger charge is 2.30. The first-order chi connectivity index (χ1) is 7.27. The molecule has 2 fully saturated rings. The molecule has 2 aliphatic rings. The summed E-state index contributed by atoms with van der Waals surface area (Å²) < 4.78 is 0. The Labute approximate surface area is 93.8 Å². The fourth-order valence-corrected chi connectivity index (χ4v) is 3.48. The second-order valence-electron chi connectivity index (χ2n) is 5.67. The molecule has 0 heterocycles. The normalized spacial score (nSPS) is 39.2. The molecule has 0 aromatic heterocycles. The average Bonchev–Trinajstić information content (AvgIpc) is 2.26. The van der Waals surface area contributed by atoms with Crippen LogP contribution in [0.3, 0.4) is 0 Å². The fraction of sp³-hybridized carbons (Fsp3) is 1.00. The van der Waals surface area contributed by atoms with Crippen molar-refractivity contribution in [1.29, 1.82) is 0 Å². The van der Waals surface area contributed by atoms with Gasteiger partial charge in [0.15, 0.2) is 0 Å². The van der Waals surface area contributed by atoms with Crippen LogP contribution >= 0.6 is 0 Å².